The van der Waals surface area contributed by atoms with E-state index in [4.69, 9.17) is 0 Å². The first-order chi connectivity index (χ1) is 7.86. The first-order valence-corrected chi connectivity index (χ1v) is 10.0. The fourth-order valence-electron chi connectivity index (χ4n) is 2.45. The molecule has 1 rings (SSSR count). The molecular weight excluding hydrogens is 224 g/mol. The third-order valence-corrected chi connectivity index (χ3v) is 5.85. The molecule has 1 heterocycles. The van der Waals surface area contributed by atoms with Crippen molar-refractivity contribution in [2.45, 2.75) is 58.4 Å². The highest BCUT2D eigenvalue weighted by atomic mass is 28.3. The molecule has 0 aromatic carbocycles. The van der Waals surface area contributed by atoms with E-state index in [-0.39, 0.29) is 0 Å². The van der Waals surface area contributed by atoms with Gasteiger partial charge in [-0.25, -0.2) is 0 Å². The second-order valence-corrected chi connectivity index (χ2v) is 9.72. The summed E-state index contributed by atoms with van der Waals surface area (Å²) < 4.78 is 0. The minimum Gasteiger partial charge on any atom is -0.375 e. The fourth-order valence-corrected chi connectivity index (χ4v) is 4.14. The number of piperazine rings is 1. The topological polar surface area (TPSA) is 6.48 Å². The molecule has 0 bridgehead atoms. The van der Waals surface area contributed by atoms with E-state index in [1.807, 2.05) is 0 Å². The van der Waals surface area contributed by atoms with Gasteiger partial charge in [0.2, 0.25) is 0 Å². The van der Waals surface area contributed by atoms with Gasteiger partial charge in [-0.05, 0) is 33.4 Å². The summed E-state index contributed by atoms with van der Waals surface area (Å²) in [5.74, 6) is 0. The third kappa shape index (κ3) is 4.14. The van der Waals surface area contributed by atoms with Crippen LogP contribution in [0.4, 0.5) is 0 Å². The number of rotatable bonds is 3. The molecular formula is C14H30N2Si. The highest BCUT2D eigenvalue weighted by Gasteiger charge is 2.32. The van der Waals surface area contributed by atoms with Crippen LogP contribution < -0.4 is 0 Å². The van der Waals surface area contributed by atoms with Gasteiger partial charge in [0.1, 0.15) is 0 Å². The zero-order valence-corrected chi connectivity index (χ0v) is 13.7. The van der Waals surface area contributed by atoms with Crippen LogP contribution in [0.5, 0.6) is 0 Å². The van der Waals surface area contributed by atoms with Crippen LogP contribution in [0.3, 0.4) is 0 Å². The van der Waals surface area contributed by atoms with Crippen molar-refractivity contribution in [1.29, 1.82) is 0 Å². The van der Waals surface area contributed by atoms with E-state index >= 15 is 0 Å². The second kappa shape index (κ2) is 6.05. The second-order valence-electron chi connectivity index (χ2n) is 6.46. The van der Waals surface area contributed by atoms with Gasteiger partial charge in [-0.15, -0.1) is 0 Å². The number of nitrogens with zero attached hydrogens (tertiary/aromatic N) is 2. The van der Waals surface area contributed by atoms with Crippen molar-refractivity contribution in [3.63, 3.8) is 0 Å². The van der Waals surface area contributed by atoms with Gasteiger partial charge in [0, 0.05) is 30.8 Å². The lowest BCUT2D eigenvalue weighted by Gasteiger charge is -2.48. The van der Waals surface area contributed by atoms with E-state index in [2.05, 4.69) is 62.9 Å². The molecule has 1 aliphatic heterocycles. The van der Waals surface area contributed by atoms with Gasteiger partial charge in [-0.3, -0.25) is 4.90 Å². The molecule has 0 amide bonds. The van der Waals surface area contributed by atoms with Crippen molar-refractivity contribution in [1.82, 2.24) is 9.80 Å². The van der Waals surface area contributed by atoms with E-state index in [0.717, 1.165) is 12.1 Å². The summed E-state index contributed by atoms with van der Waals surface area (Å²) in [7, 11) is -0.630. The zero-order chi connectivity index (χ0) is 13.1. The van der Waals surface area contributed by atoms with E-state index in [1.165, 1.54) is 19.6 Å². The van der Waals surface area contributed by atoms with Gasteiger partial charge in [0.15, 0.2) is 0 Å². The summed E-state index contributed by atoms with van der Waals surface area (Å²) in [6.45, 7) is 17.8. The minimum atomic E-state index is -0.630. The summed E-state index contributed by atoms with van der Waals surface area (Å²) in [4.78, 5) is 5.25. The molecule has 1 aliphatic rings. The molecule has 0 N–H and O–H groups in total. The van der Waals surface area contributed by atoms with Gasteiger partial charge in [-0.1, -0.05) is 26.1 Å². The Kier molecular flexibility index (Phi) is 5.26. The van der Waals surface area contributed by atoms with E-state index < -0.39 is 8.80 Å². The van der Waals surface area contributed by atoms with Crippen LogP contribution in [0, 0.1) is 0 Å². The lowest BCUT2D eigenvalue weighted by atomic mass is 10.0. The Hall–Kier alpha value is -0.283. The summed E-state index contributed by atoms with van der Waals surface area (Å²) >= 11 is 0. The largest absolute Gasteiger partial charge is 0.375 e. The van der Waals surface area contributed by atoms with E-state index in [0.29, 0.717) is 5.54 Å². The predicted molar refractivity (Wildman–Crippen MR) is 80.1 cm³/mol. The van der Waals surface area contributed by atoms with E-state index in [9.17, 15) is 0 Å². The Labute approximate surface area is 109 Å². The molecule has 1 atom stereocenters. The maximum atomic E-state index is 2.65. The minimum absolute atomic E-state index is 0.322. The highest BCUT2D eigenvalue weighted by Crippen LogP contribution is 2.21. The van der Waals surface area contributed by atoms with Crippen LogP contribution in [0.1, 0.15) is 34.1 Å². The number of hydrogen-bond donors (Lipinski definition) is 0. The molecule has 100 valence electrons. The summed E-state index contributed by atoms with van der Waals surface area (Å²) in [5, 5.41) is 0. The maximum absolute atomic E-state index is 2.65. The fraction of sp³-hybridized carbons (Fsp3) is 0.857. The van der Waals surface area contributed by atoms with Crippen LogP contribution in [-0.2, 0) is 0 Å². The zero-order valence-electron chi connectivity index (χ0n) is 12.5. The highest BCUT2D eigenvalue weighted by molar-refractivity contribution is 6.57. The Morgan fingerprint density at radius 1 is 1.24 bits per heavy atom. The van der Waals surface area contributed by atoms with Crippen LogP contribution in [0.2, 0.25) is 13.1 Å². The first kappa shape index (κ1) is 14.8. The molecule has 1 saturated heterocycles. The first-order valence-electron chi connectivity index (χ1n) is 7.03. The molecule has 17 heavy (non-hydrogen) atoms. The average molecular weight is 254 g/mol. The van der Waals surface area contributed by atoms with Crippen molar-refractivity contribution >= 4 is 8.80 Å². The predicted octanol–water partition coefficient (Wildman–Crippen LogP) is 2.72. The van der Waals surface area contributed by atoms with Crippen LogP contribution in [-0.4, -0.2) is 49.4 Å². The summed E-state index contributed by atoms with van der Waals surface area (Å²) in [6, 6.07) is 0. The maximum Gasteiger partial charge on any atom is 0.0591 e. The van der Waals surface area contributed by atoms with Crippen LogP contribution in [0.15, 0.2) is 12.3 Å². The Bertz CT molecular complexity index is 255. The van der Waals surface area contributed by atoms with Crippen molar-refractivity contribution in [3.05, 3.63) is 12.3 Å². The Morgan fingerprint density at radius 2 is 1.88 bits per heavy atom. The molecule has 0 saturated carbocycles. The summed E-state index contributed by atoms with van der Waals surface area (Å²) in [6.07, 6.45) is 5.79. The van der Waals surface area contributed by atoms with Crippen LogP contribution in [0.25, 0.3) is 0 Å². The van der Waals surface area contributed by atoms with Crippen LogP contribution >= 0.6 is 0 Å². The lowest BCUT2D eigenvalue weighted by molar-refractivity contribution is 0.0671. The molecule has 1 unspecified atom stereocenters. The van der Waals surface area contributed by atoms with Crippen molar-refractivity contribution in [2.75, 3.05) is 19.6 Å². The molecule has 2 nitrogen and oxygen atoms in total. The molecule has 3 heteroatoms. The monoisotopic (exact) mass is 254 g/mol. The average Bonchev–Trinajstić information content (AvgIpc) is 2.24. The molecule has 0 aromatic rings. The SMILES string of the molecule is CC/C=C/N1CCN(C(C)(C)C)CC1[SiH](C)C. The van der Waals surface area contributed by atoms with Gasteiger partial charge in [0.25, 0.3) is 0 Å². The third-order valence-electron chi connectivity index (χ3n) is 3.71. The molecule has 0 aliphatic carbocycles. The van der Waals surface area contributed by atoms with Crippen molar-refractivity contribution in [2.24, 2.45) is 0 Å². The normalized spacial score (nSPS) is 23.9. The van der Waals surface area contributed by atoms with Gasteiger partial charge in [-0.2, -0.15) is 0 Å². The number of allylic oxidation sites excluding steroid dienone is 1. The number of hydrogen-bond acceptors (Lipinski definition) is 2. The van der Waals surface area contributed by atoms with Crippen molar-refractivity contribution < 1.29 is 0 Å². The quantitative estimate of drug-likeness (QED) is 0.715. The standard InChI is InChI=1S/C14H30N2Si/c1-7-8-9-15-10-11-16(14(2,3)4)12-13(15)17(5)6/h8-9,13,17H,7,10-12H2,1-6H3/b9-8+. The molecule has 0 radical (unpaired) electrons. The smallest absolute Gasteiger partial charge is 0.0591 e. The Balaban J connectivity index is 2.71. The summed E-state index contributed by atoms with van der Waals surface area (Å²) in [5.41, 5.74) is 1.12. The van der Waals surface area contributed by atoms with Gasteiger partial charge >= 0.3 is 0 Å². The molecule has 0 aromatic heterocycles. The van der Waals surface area contributed by atoms with Gasteiger partial charge < -0.3 is 4.90 Å². The van der Waals surface area contributed by atoms with E-state index in [1.54, 1.807) is 0 Å². The molecule has 0 spiro atoms. The lowest BCUT2D eigenvalue weighted by Crippen LogP contribution is -2.60. The Morgan fingerprint density at radius 3 is 2.35 bits per heavy atom. The van der Waals surface area contributed by atoms with Gasteiger partial charge in [0.05, 0.1) is 8.80 Å². The van der Waals surface area contributed by atoms with Crippen molar-refractivity contribution in [3.8, 4) is 0 Å². The molecule has 1 fully saturated rings.